The number of nitrogens with one attached hydrogen (secondary N) is 1. The summed E-state index contributed by atoms with van der Waals surface area (Å²) in [6.07, 6.45) is 0. The Balaban J connectivity index is 2.05. The summed E-state index contributed by atoms with van der Waals surface area (Å²) in [7, 11) is 3.06. The van der Waals surface area contributed by atoms with Gasteiger partial charge in [0.15, 0.2) is 5.69 Å². The molecule has 0 saturated carbocycles. The Hall–Kier alpha value is -3.28. The Labute approximate surface area is 144 Å². The lowest BCUT2D eigenvalue weighted by atomic mass is 10.1. The molecule has 0 spiro atoms. The van der Waals surface area contributed by atoms with E-state index in [1.54, 1.807) is 36.4 Å². The van der Waals surface area contributed by atoms with Crippen LogP contribution in [-0.2, 0) is 7.05 Å². The van der Waals surface area contributed by atoms with Crippen LogP contribution in [0.1, 0.15) is 16.1 Å². The maximum atomic E-state index is 12.8. The Kier molecular flexibility index (Phi) is 4.43. The Morgan fingerprint density at radius 3 is 2.56 bits per heavy atom. The molecule has 6 nitrogen and oxygen atoms in total. The number of anilines is 1. The zero-order chi connectivity index (χ0) is 18.0. The predicted molar refractivity (Wildman–Crippen MR) is 95.1 cm³/mol. The first kappa shape index (κ1) is 16.6. The number of hydrogen-bond donors (Lipinski definition) is 1. The Morgan fingerprint density at radius 2 is 1.88 bits per heavy atom. The molecule has 128 valence electrons. The van der Waals surface area contributed by atoms with Crippen LogP contribution in [0.25, 0.3) is 11.1 Å². The van der Waals surface area contributed by atoms with Gasteiger partial charge in [0.1, 0.15) is 11.3 Å². The van der Waals surface area contributed by atoms with Gasteiger partial charge >= 0.3 is 5.63 Å². The molecule has 0 fully saturated rings. The van der Waals surface area contributed by atoms with Crippen molar-refractivity contribution in [2.45, 2.75) is 6.92 Å². The fraction of sp³-hybridized carbons (Fsp3) is 0.158. The topological polar surface area (TPSA) is 73.5 Å². The van der Waals surface area contributed by atoms with Gasteiger partial charge in [0, 0.05) is 7.05 Å². The molecule has 0 aliphatic rings. The third-order valence-corrected chi connectivity index (χ3v) is 3.86. The van der Waals surface area contributed by atoms with Crippen molar-refractivity contribution in [3.63, 3.8) is 0 Å². The van der Waals surface area contributed by atoms with Crippen molar-refractivity contribution >= 4 is 11.6 Å². The molecule has 3 rings (SSSR count). The molecule has 6 heteroatoms. The first-order valence-electron chi connectivity index (χ1n) is 7.73. The quantitative estimate of drug-likeness (QED) is 0.793. The van der Waals surface area contributed by atoms with Crippen molar-refractivity contribution in [1.82, 2.24) is 4.74 Å². The molecule has 2 aromatic carbocycles. The van der Waals surface area contributed by atoms with E-state index in [1.807, 2.05) is 19.1 Å². The second-order valence-corrected chi connectivity index (χ2v) is 5.62. The minimum atomic E-state index is -0.560. The standard InChI is InChI=1S/C19H18N2O4/c1-12-9-10-15(24-3)14(11-12)20-18(22)17-16(19(23)25-21(17)2)13-7-5-4-6-8-13/h4-11H,1-3H3,(H,20,22). The van der Waals surface area contributed by atoms with Crippen molar-refractivity contribution in [3.8, 4) is 16.9 Å². The molecule has 1 heterocycles. The van der Waals surface area contributed by atoms with Gasteiger partial charge in [-0.2, -0.15) is 0 Å². The average molecular weight is 338 g/mol. The van der Waals surface area contributed by atoms with E-state index in [0.717, 1.165) is 5.56 Å². The van der Waals surface area contributed by atoms with Gasteiger partial charge in [-0.1, -0.05) is 36.4 Å². The van der Waals surface area contributed by atoms with Crippen molar-refractivity contribution < 1.29 is 14.1 Å². The minimum Gasteiger partial charge on any atom is -0.495 e. The summed E-state index contributed by atoms with van der Waals surface area (Å²) in [5, 5.41) is 2.80. The van der Waals surface area contributed by atoms with E-state index in [1.165, 1.54) is 18.9 Å². The number of aryl methyl sites for hydroxylation is 2. The summed E-state index contributed by atoms with van der Waals surface area (Å²) in [5.41, 5.74) is 1.95. The van der Waals surface area contributed by atoms with Gasteiger partial charge < -0.3 is 14.6 Å². The number of rotatable bonds is 4. The first-order chi connectivity index (χ1) is 12.0. The van der Waals surface area contributed by atoms with Crippen molar-refractivity contribution in [2.24, 2.45) is 7.05 Å². The van der Waals surface area contributed by atoms with Gasteiger partial charge in [0.2, 0.25) is 0 Å². The highest BCUT2D eigenvalue weighted by molar-refractivity contribution is 6.07. The highest BCUT2D eigenvalue weighted by Crippen LogP contribution is 2.27. The molecule has 1 aromatic heterocycles. The monoisotopic (exact) mass is 338 g/mol. The number of hydrogen-bond acceptors (Lipinski definition) is 4. The van der Waals surface area contributed by atoms with Crippen LogP contribution in [0, 0.1) is 6.92 Å². The summed E-state index contributed by atoms with van der Waals surface area (Å²) in [4.78, 5) is 25.0. The van der Waals surface area contributed by atoms with E-state index < -0.39 is 11.5 Å². The van der Waals surface area contributed by atoms with Crippen LogP contribution in [0.4, 0.5) is 5.69 Å². The van der Waals surface area contributed by atoms with Crippen LogP contribution >= 0.6 is 0 Å². The Morgan fingerprint density at radius 1 is 1.16 bits per heavy atom. The Bertz CT molecular complexity index is 971. The largest absolute Gasteiger partial charge is 0.495 e. The maximum Gasteiger partial charge on any atom is 0.366 e. The third-order valence-electron chi connectivity index (χ3n) is 3.86. The number of benzene rings is 2. The van der Waals surface area contributed by atoms with Gasteiger partial charge in [-0.15, -0.1) is 0 Å². The summed E-state index contributed by atoms with van der Waals surface area (Å²) in [6.45, 7) is 1.91. The number of nitrogens with zero attached hydrogens (tertiary/aromatic N) is 1. The summed E-state index contributed by atoms with van der Waals surface area (Å²) in [5.74, 6) is 0.0878. The van der Waals surface area contributed by atoms with Gasteiger partial charge in [-0.05, 0) is 30.2 Å². The zero-order valence-electron chi connectivity index (χ0n) is 14.2. The lowest BCUT2D eigenvalue weighted by Crippen LogP contribution is -2.17. The van der Waals surface area contributed by atoms with Crippen LogP contribution in [-0.4, -0.2) is 17.8 Å². The molecule has 3 aromatic rings. The number of carbonyl (C=O) groups is 1. The third kappa shape index (κ3) is 3.19. The second kappa shape index (κ2) is 6.68. The van der Waals surface area contributed by atoms with E-state index in [0.29, 0.717) is 17.0 Å². The fourth-order valence-electron chi connectivity index (χ4n) is 2.69. The molecule has 0 aliphatic carbocycles. The van der Waals surface area contributed by atoms with E-state index >= 15 is 0 Å². The lowest BCUT2D eigenvalue weighted by molar-refractivity contribution is 0.100. The van der Waals surface area contributed by atoms with Gasteiger partial charge in [0.05, 0.1) is 12.8 Å². The summed E-state index contributed by atoms with van der Waals surface area (Å²) in [6, 6.07) is 14.4. The molecule has 1 N–H and O–H groups in total. The smallest absolute Gasteiger partial charge is 0.366 e. The molecule has 0 atom stereocenters. The van der Waals surface area contributed by atoms with Gasteiger partial charge in [-0.3, -0.25) is 4.79 Å². The number of carbonyl (C=O) groups excluding carboxylic acids is 1. The van der Waals surface area contributed by atoms with Crippen LogP contribution in [0.2, 0.25) is 0 Å². The van der Waals surface area contributed by atoms with E-state index in [9.17, 15) is 9.59 Å². The van der Waals surface area contributed by atoms with E-state index in [2.05, 4.69) is 5.32 Å². The minimum absolute atomic E-state index is 0.153. The van der Waals surface area contributed by atoms with Crippen molar-refractivity contribution in [1.29, 1.82) is 0 Å². The number of ether oxygens (including phenoxy) is 1. The molecule has 0 unspecified atom stereocenters. The molecule has 0 aliphatic heterocycles. The number of aromatic nitrogens is 1. The van der Waals surface area contributed by atoms with E-state index in [-0.39, 0.29) is 11.3 Å². The van der Waals surface area contributed by atoms with Crippen molar-refractivity contribution in [3.05, 3.63) is 70.2 Å². The van der Waals surface area contributed by atoms with Crippen LogP contribution in [0.3, 0.4) is 0 Å². The highest BCUT2D eigenvalue weighted by Gasteiger charge is 2.24. The van der Waals surface area contributed by atoms with E-state index in [4.69, 9.17) is 9.26 Å². The maximum absolute atomic E-state index is 12.8. The highest BCUT2D eigenvalue weighted by atomic mass is 16.5. The molecule has 0 bridgehead atoms. The molecular formula is C19H18N2O4. The lowest BCUT2D eigenvalue weighted by Gasteiger charge is -2.11. The normalized spacial score (nSPS) is 10.5. The molecule has 1 amide bonds. The van der Waals surface area contributed by atoms with Gasteiger partial charge in [-0.25, -0.2) is 9.53 Å². The van der Waals surface area contributed by atoms with Crippen molar-refractivity contribution in [2.75, 3.05) is 12.4 Å². The SMILES string of the molecule is COc1ccc(C)cc1NC(=O)c1c(-c2ccccc2)c(=O)on1C. The molecule has 0 saturated heterocycles. The zero-order valence-corrected chi connectivity index (χ0v) is 14.2. The van der Waals surface area contributed by atoms with Gasteiger partial charge in [0.25, 0.3) is 5.91 Å². The van der Waals surface area contributed by atoms with Crippen LogP contribution in [0.15, 0.2) is 57.8 Å². The average Bonchev–Trinajstić information content (AvgIpc) is 2.90. The molecule has 0 radical (unpaired) electrons. The number of amides is 1. The summed E-state index contributed by atoms with van der Waals surface area (Å²) >= 11 is 0. The number of methoxy groups -OCH3 is 1. The molecular weight excluding hydrogens is 320 g/mol. The fourth-order valence-corrected chi connectivity index (χ4v) is 2.69. The first-order valence-corrected chi connectivity index (χ1v) is 7.73. The van der Waals surface area contributed by atoms with Crippen LogP contribution < -0.4 is 15.7 Å². The predicted octanol–water partition coefficient (Wildman–Crippen LogP) is 3.21. The van der Waals surface area contributed by atoms with Crippen LogP contribution in [0.5, 0.6) is 5.75 Å². The second-order valence-electron chi connectivity index (χ2n) is 5.62. The molecule has 25 heavy (non-hydrogen) atoms. The summed E-state index contributed by atoms with van der Waals surface area (Å²) < 4.78 is 11.6.